The Balaban J connectivity index is 2.33. The maximum absolute atomic E-state index is 11.5. The lowest BCUT2D eigenvalue weighted by Crippen LogP contribution is -2.04. The van der Waals surface area contributed by atoms with Crippen molar-refractivity contribution < 1.29 is 9.53 Å². The number of hydrogen-bond donors (Lipinski definition) is 1. The van der Waals surface area contributed by atoms with Crippen LogP contribution in [0.25, 0.3) is 5.82 Å². The van der Waals surface area contributed by atoms with Crippen molar-refractivity contribution in [3.05, 3.63) is 35.8 Å². The van der Waals surface area contributed by atoms with Gasteiger partial charge < -0.3 is 10.5 Å². The van der Waals surface area contributed by atoms with Crippen LogP contribution in [0, 0.1) is 11.3 Å². The van der Waals surface area contributed by atoms with Crippen molar-refractivity contribution in [1.29, 1.82) is 5.26 Å². The molecule has 0 atom stereocenters. The third-order valence-corrected chi connectivity index (χ3v) is 2.35. The van der Waals surface area contributed by atoms with Gasteiger partial charge in [-0.25, -0.2) is 14.5 Å². The maximum Gasteiger partial charge on any atom is 0.341 e. The molecule has 0 fully saturated rings. The molecule has 96 valence electrons. The molecule has 0 aromatic carbocycles. The van der Waals surface area contributed by atoms with Crippen LogP contribution in [0.15, 0.2) is 24.5 Å². The number of hydrogen-bond acceptors (Lipinski definition) is 6. The second-order valence-electron chi connectivity index (χ2n) is 3.61. The SMILES string of the molecule is CCOC(=O)c1cnn(-c2ccc(N)c(C#N)n2)c1. The number of nitriles is 1. The van der Waals surface area contributed by atoms with Gasteiger partial charge in [-0.2, -0.15) is 10.4 Å². The Morgan fingerprint density at radius 3 is 3.05 bits per heavy atom. The van der Waals surface area contributed by atoms with Gasteiger partial charge in [0, 0.05) is 6.20 Å². The van der Waals surface area contributed by atoms with Crippen LogP contribution in [0.2, 0.25) is 0 Å². The molecular weight excluding hydrogens is 246 g/mol. The van der Waals surface area contributed by atoms with Crippen molar-refractivity contribution in [3.8, 4) is 11.9 Å². The number of nitrogens with two attached hydrogens (primary N) is 1. The van der Waals surface area contributed by atoms with Gasteiger partial charge in [0.1, 0.15) is 6.07 Å². The average molecular weight is 257 g/mol. The Morgan fingerprint density at radius 1 is 1.58 bits per heavy atom. The molecule has 2 aromatic heterocycles. The van der Waals surface area contributed by atoms with Gasteiger partial charge in [0.15, 0.2) is 11.5 Å². The van der Waals surface area contributed by atoms with Crippen LogP contribution in [0.4, 0.5) is 5.69 Å². The highest BCUT2D eigenvalue weighted by atomic mass is 16.5. The van der Waals surface area contributed by atoms with Crippen molar-refractivity contribution in [2.24, 2.45) is 0 Å². The lowest BCUT2D eigenvalue weighted by atomic mass is 10.3. The van der Waals surface area contributed by atoms with Crippen molar-refractivity contribution >= 4 is 11.7 Å². The van der Waals surface area contributed by atoms with Gasteiger partial charge in [0.05, 0.1) is 24.1 Å². The molecule has 0 bridgehead atoms. The van der Waals surface area contributed by atoms with E-state index in [1.165, 1.54) is 17.1 Å². The molecule has 0 amide bonds. The lowest BCUT2D eigenvalue weighted by Gasteiger charge is -2.02. The summed E-state index contributed by atoms with van der Waals surface area (Å²) in [6.45, 7) is 2.02. The minimum atomic E-state index is -0.454. The van der Waals surface area contributed by atoms with E-state index in [0.29, 0.717) is 23.7 Å². The predicted octanol–water partition coefficient (Wildman–Crippen LogP) is 0.898. The second kappa shape index (κ2) is 5.18. The molecule has 2 heterocycles. The molecule has 7 heteroatoms. The second-order valence-corrected chi connectivity index (χ2v) is 3.61. The van der Waals surface area contributed by atoms with Gasteiger partial charge in [-0.15, -0.1) is 0 Å². The van der Waals surface area contributed by atoms with Gasteiger partial charge in [0.2, 0.25) is 0 Å². The van der Waals surface area contributed by atoms with Crippen LogP contribution in [-0.2, 0) is 4.74 Å². The smallest absolute Gasteiger partial charge is 0.341 e. The molecule has 0 spiro atoms. The first-order valence-corrected chi connectivity index (χ1v) is 5.54. The van der Waals surface area contributed by atoms with Gasteiger partial charge in [-0.1, -0.05) is 0 Å². The van der Waals surface area contributed by atoms with Crippen LogP contribution in [0.3, 0.4) is 0 Å². The third kappa shape index (κ3) is 2.52. The summed E-state index contributed by atoms with van der Waals surface area (Å²) in [5.41, 5.74) is 6.31. The highest BCUT2D eigenvalue weighted by Gasteiger charge is 2.11. The minimum Gasteiger partial charge on any atom is -0.462 e. The van der Waals surface area contributed by atoms with Crippen molar-refractivity contribution in [2.45, 2.75) is 6.92 Å². The van der Waals surface area contributed by atoms with E-state index in [4.69, 9.17) is 15.7 Å². The summed E-state index contributed by atoms with van der Waals surface area (Å²) in [6.07, 6.45) is 2.86. The summed E-state index contributed by atoms with van der Waals surface area (Å²) < 4.78 is 6.24. The molecule has 2 rings (SSSR count). The molecule has 0 aliphatic rings. The number of rotatable bonds is 3. The highest BCUT2D eigenvalue weighted by Crippen LogP contribution is 2.12. The van der Waals surface area contributed by atoms with E-state index >= 15 is 0 Å². The Bertz CT molecular complexity index is 656. The zero-order valence-corrected chi connectivity index (χ0v) is 10.2. The number of nitrogen functional groups attached to an aromatic ring is 1. The molecule has 0 radical (unpaired) electrons. The summed E-state index contributed by atoms with van der Waals surface area (Å²) in [5.74, 6) is -0.0500. The quantitative estimate of drug-likeness (QED) is 0.818. The van der Waals surface area contributed by atoms with Crippen molar-refractivity contribution in [3.63, 3.8) is 0 Å². The van der Waals surface area contributed by atoms with Crippen LogP contribution in [-0.4, -0.2) is 27.3 Å². The van der Waals surface area contributed by atoms with Crippen molar-refractivity contribution in [1.82, 2.24) is 14.8 Å². The molecule has 2 aromatic rings. The zero-order valence-electron chi connectivity index (χ0n) is 10.2. The van der Waals surface area contributed by atoms with Gasteiger partial charge in [-0.3, -0.25) is 0 Å². The molecule has 0 saturated carbocycles. The first-order valence-electron chi connectivity index (χ1n) is 5.54. The van der Waals surface area contributed by atoms with Crippen LogP contribution >= 0.6 is 0 Å². The maximum atomic E-state index is 11.5. The molecule has 0 saturated heterocycles. The average Bonchev–Trinajstić information content (AvgIpc) is 2.89. The fourth-order valence-electron chi connectivity index (χ4n) is 1.44. The Morgan fingerprint density at radius 2 is 2.37 bits per heavy atom. The predicted molar refractivity (Wildman–Crippen MR) is 66.4 cm³/mol. The Hall–Kier alpha value is -2.88. The van der Waals surface area contributed by atoms with E-state index in [2.05, 4.69) is 10.1 Å². The fraction of sp³-hybridized carbons (Fsp3) is 0.167. The van der Waals surface area contributed by atoms with Crippen LogP contribution < -0.4 is 5.73 Å². The number of anilines is 1. The molecule has 0 aliphatic heterocycles. The monoisotopic (exact) mass is 257 g/mol. The lowest BCUT2D eigenvalue weighted by molar-refractivity contribution is 0.0526. The zero-order chi connectivity index (χ0) is 13.8. The minimum absolute atomic E-state index is 0.116. The molecular formula is C12H11N5O2. The number of esters is 1. The number of ether oxygens (including phenoxy) is 1. The summed E-state index contributed by atoms with van der Waals surface area (Å²) in [7, 11) is 0. The number of aromatic nitrogens is 3. The fourth-order valence-corrected chi connectivity index (χ4v) is 1.44. The first-order chi connectivity index (χ1) is 9.15. The van der Waals surface area contributed by atoms with E-state index in [1.807, 2.05) is 6.07 Å². The Kier molecular flexibility index (Phi) is 3.43. The number of carbonyl (C=O) groups is 1. The molecule has 2 N–H and O–H groups in total. The first kappa shape index (κ1) is 12.6. The third-order valence-electron chi connectivity index (χ3n) is 2.35. The van der Waals surface area contributed by atoms with Gasteiger partial charge in [-0.05, 0) is 19.1 Å². The summed E-state index contributed by atoms with van der Waals surface area (Å²) >= 11 is 0. The molecule has 19 heavy (non-hydrogen) atoms. The largest absolute Gasteiger partial charge is 0.462 e. The van der Waals surface area contributed by atoms with Gasteiger partial charge in [0.25, 0.3) is 0 Å². The van der Waals surface area contributed by atoms with E-state index in [1.54, 1.807) is 19.1 Å². The summed E-state index contributed by atoms with van der Waals surface area (Å²) in [5, 5.41) is 12.9. The van der Waals surface area contributed by atoms with Gasteiger partial charge >= 0.3 is 5.97 Å². The van der Waals surface area contributed by atoms with E-state index in [9.17, 15) is 4.79 Å². The topological polar surface area (TPSA) is 107 Å². The molecule has 0 unspecified atom stereocenters. The number of nitrogens with zero attached hydrogens (tertiary/aromatic N) is 4. The van der Waals surface area contributed by atoms with E-state index in [-0.39, 0.29) is 5.69 Å². The van der Waals surface area contributed by atoms with Crippen LogP contribution in [0.1, 0.15) is 23.0 Å². The molecule has 7 nitrogen and oxygen atoms in total. The van der Waals surface area contributed by atoms with E-state index in [0.717, 1.165) is 0 Å². The number of carbonyl (C=O) groups excluding carboxylic acids is 1. The number of pyridine rings is 1. The summed E-state index contributed by atoms with van der Waals surface area (Å²) in [6, 6.07) is 5.06. The highest BCUT2D eigenvalue weighted by molar-refractivity contribution is 5.88. The van der Waals surface area contributed by atoms with Crippen LogP contribution in [0.5, 0.6) is 0 Å². The normalized spacial score (nSPS) is 9.89. The van der Waals surface area contributed by atoms with Crippen molar-refractivity contribution in [2.75, 3.05) is 12.3 Å². The molecule has 0 aliphatic carbocycles. The standard InChI is InChI=1S/C12H11N5O2/c1-2-19-12(18)8-6-15-17(7-8)11-4-3-9(14)10(5-13)16-11/h3-4,6-7H,2,14H2,1H3. The summed E-state index contributed by atoms with van der Waals surface area (Å²) in [4.78, 5) is 15.5. The van der Waals surface area contributed by atoms with E-state index < -0.39 is 5.97 Å². The Labute approximate surface area is 109 Å².